The van der Waals surface area contributed by atoms with Crippen molar-refractivity contribution in [3.05, 3.63) is 24.7 Å². The average Bonchev–Trinajstić information content (AvgIpc) is 2.94. The molecule has 18 heavy (non-hydrogen) atoms. The summed E-state index contributed by atoms with van der Waals surface area (Å²) in [6, 6.07) is 4.47. The summed E-state index contributed by atoms with van der Waals surface area (Å²) in [5, 5.41) is 11.2. The summed E-state index contributed by atoms with van der Waals surface area (Å²) in [6.07, 6.45) is 9.46. The summed E-state index contributed by atoms with van der Waals surface area (Å²) in [5.74, 6) is 0.467. The van der Waals surface area contributed by atoms with Crippen LogP contribution in [-0.2, 0) is 0 Å². The highest BCUT2D eigenvalue weighted by molar-refractivity contribution is 5.68. The van der Waals surface area contributed by atoms with E-state index in [0.717, 1.165) is 11.4 Å². The SMILES string of the molecule is c1cnc(-c2nnco2)c(NC2CCCCC2)c1. The zero-order chi connectivity index (χ0) is 12.2. The second kappa shape index (κ2) is 5.16. The van der Waals surface area contributed by atoms with Crippen LogP contribution in [0, 0.1) is 0 Å². The monoisotopic (exact) mass is 244 g/mol. The van der Waals surface area contributed by atoms with Crippen LogP contribution in [0.2, 0.25) is 0 Å². The molecule has 0 amide bonds. The maximum absolute atomic E-state index is 5.22. The van der Waals surface area contributed by atoms with Crippen LogP contribution in [0.1, 0.15) is 32.1 Å². The van der Waals surface area contributed by atoms with E-state index in [2.05, 4.69) is 20.5 Å². The Hall–Kier alpha value is -1.91. The van der Waals surface area contributed by atoms with Crippen molar-refractivity contribution < 1.29 is 4.42 Å². The standard InChI is InChI=1S/C13H16N4O/c1-2-5-10(6-3-1)16-11-7-4-8-14-12(11)13-17-15-9-18-13/h4,7-10,16H,1-3,5-6H2. The lowest BCUT2D eigenvalue weighted by molar-refractivity contribution is 0.462. The molecule has 0 radical (unpaired) electrons. The lowest BCUT2D eigenvalue weighted by atomic mass is 9.95. The zero-order valence-electron chi connectivity index (χ0n) is 10.2. The van der Waals surface area contributed by atoms with Crippen molar-refractivity contribution in [2.45, 2.75) is 38.1 Å². The van der Waals surface area contributed by atoms with E-state index in [4.69, 9.17) is 4.42 Å². The molecule has 2 aromatic heterocycles. The number of pyridine rings is 1. The van der Waals surface area contributed by atoms with Gasteiger partial charge in [0.05, 0.1) is 5.69 Å². The molecule has 3 rings (SSSR count). The Morgan fingerprint density at radius 3 is 2.89 bits per heavy atom. The maximum atomic E-state index is 5.22. The average molecular weight is 244 g/mol. The first-order chi connectivity index (χ1) is 8.93. The number of aromatic nitrogens is 3. The van der Waals surface area contributed by atoms with Crippen LogP contribution in [0.15, 0.2) is 29.1 Å². The van der Waals surface area contributed by atoms with Crippen molar-refractivity contribution >= 4 is 5.69 Å². The summed E-state index contributed by atoms with van der Waals surface area (Å²) in [4.78, 5) is 4.33. The van der Waals surface area contributed by atoms with E-state index in [9.17, 15) is 0 Å². The van der Waals surface area contributed by atoms with Gasteiger partial charge in [0.2, 0.25) is 6.39 Å². The van der Waals surface area contributed by atoms with Gasteiger partial charge in [-0.05, 0) is 25.0 Å². The van der Waals surface area contributed by atoms with Crippen LogP contribution in [0.3, 0.4) is 0 Å². The van der Waals surface area contributed by atoms with Crippen LogP contribution in [0.5, 0.6) is 0 Å². The summed E-state index contributed by atoms with van der Waals surface area (Å²) in [5.41, 5.74) is 1.72. The van der Waals surface area contributed by atoms with Crippen molar-refractivity contribution in [3.63, 3.8) is 0 Å². The van der Waals surface area contributed by atoms with Gasteiger partial charge in [-0.25, -0.2) is 4.98 Å². The lowest BCUT2D eigenvalue weighted by Crippen LogP contribution is -2.22. The molecule has 0 aromatic carbocycles. The third-order valence-corrected chi connectivity index (χ3v) is 3.34. The summed E-state index contributed by atoms with van der Waals surface area (Å²) in [6.45, 7) is 0. The van der Waals surface area contributed by atoms with Gasteiger partial charge in [-0.15, -0.1) is 10.2 Å². The fourth-order valence-corrected chi connectivity index (χ4v) is 2.44. The number of rotatable bonds is 3. The molecular formula is C13H16N4O. The largest absolute Gasteiger partial charge is 0.422 e. The first-order valence-corrected chi connectivity index (χ1v) is 6.41. The molecule has 1 fully saturated rings. The van der Waals surface area contributed by atoms with Crippen molar-refractivity contribution in [1.29, 1.82) is 0 Å². The third kappa shape index (κ3) is 2.34. The molecular weight excluding hydrogens is 228 g/mol. The normalized spacial score (nSPS) is 16.7. The molecule has 1 saturated carbocycles. The van der Waals surface area contributed by atoms with Crippen LogP contribution in [0.4, 0.5) is 5.69 Å². The molecule has 0 atom stereocenters. The van der Waals surface area contributed by atoms with Gasteiger partial charge >= 0.3 is 0 Å². The number of nitrogens with one attached hydrogen (secondary N) is 1. The molecule has 5 nitrogen and oxygen atoms in total. The van der Waals surface area contributed by atoms with E-state index in [1.54, 1.807) is 6.20 Å². The van der Waals surface area contributed by atoms with Crippen molar-refractivity contribution in [1.82, 2.24) is 15.2 Å². The van der Waals surface area contributed by atoms with Gasteiger partial charge in [-0.1, -0.05) is 19.3 Å². The number of hydrogen-bond donors (Lipinski definition) is 1. The Morgan fingerprint density at radius 1 is 1.22 bits per heavy atom. The lowest BCUT2D eigenvalue weighted by Gasteiger charge is -2.24. The topological polar surface area (TPSA) is 63.8 Å². The molecule has 0 saturated heterocycles. The fourth-order valence-electron chi connectivity index (χ4n) is 2.44. The van der Waals surface area contributed by atoms with Gasteiger partial charge in [0, 0.05) is 12.2 Å². The highest BCUT2D eigenvalue weighted by atomic mass is 16.4. The Kier molecular flexibility index (Phi) is 3.21. The summed E-state index contributed by atoms with van der Waals surface area (Å²) < 4.78 is 5.22. The highest BCUT2D eigenvalue weighted by Crippen LogP contribution is 2.27. The second-order valence-electron chi connectivity index (χ2n) is 4.62. The number of hydrogen-bond acceptors (Lipinski definition) is 5. The second-order valence-corrected chi connectivity index (χ2v) is 4.62. The van der Waals surface area contributed by atoms with Gasteiger partial charge in [0.15, 0.2) is 5.69 Å². The van der Waals surface area contributed by atoms with E-state index < -0.39 is 0 Å². The quantitative estimate of drug-likeness (QED) is 0.899. The molecule has 1 N–H and O–H groups in total. The van der Waals surface area contributed by atoms with Crippen molar-refractivity contribution in [2.24, 2.45) is 0 Å². The molecule has 2 aromatic rings. The number of nitrogens with zero attached hydrogens (tertiary/aromatic N) is 3. The van der Waals surface area contributed by atoms with Crippen LogP contribution < -0.4 is 5.32 Å². The molecule has 1 aliphatic carbocycles. The van der Waals surface area contributed by atoms with E-state index in [1.165, 1.54) is 38.5 Å². The molecule has 94 valence electrons. The smallest absolute Gasteiger partial charge is 0.268 e. The van der Waals surface area contributed by atoms with E-state index in [1.807, 2.05) is 12.1 Å². The molecule has 0 bridgehead atoms. The Labute approximate surface area is 106 Å². The Bertz CT molecular complexity index is 491. The van der Waals surface area contributed by atoms with E-state index in [-0.39, 0.29) is 0 Å². The first-order valence-electron chi connectivity index (χ1n) is 6.41. The third-order valence-electron chi connectivity index (χ3n) is 3.34. The van der Waals surface area contributed by atoms with Gasteiger partial charge < -0.3 is 9.73 Å². The van der Waals surface area contributed by atoms with Crippen LogP contribution in [0.25, 0.3) is 11.6 Å². The van der Waals surface area contributed by atoms with Crippen molar-refractivity contribution in [2.75, 3.05) is 5.32 Å². The van der Waals surface area contributed by atoms with Crippen molar-refractivity contribution in [3.8, 4) is 11.6 Å². The molecule has 0 spiro atoms. The molecule has 2 heterocycles. The predicted molar refractivity (Wildman–Crippen MR) is 68.0 cm³/mol. The Balaban J connectivity index is 1.83. The van der Waals surface area contributed by atoms with Gasteiger partial charge in [0.1, 0.15) is 0 Å². The van der Waals surface area contributed by atoms with Gasteiger partial charge in [0.25, 0.3) is 5.89 Å². The van der Waals surface area contributed by atoms with E-state index >= 15 is 0 Å². The molecule has 0 unspecified atom stereocenters. The van der Waals surface area contributed by atoms with Crippen LogP contribution in [-0.4, -0.2) is 21.2 Å². The maximum Gasteiger partial charge on any atom is 0.268 e. The molecule has 5 heteroatoms. The molecule has 0 aliphatic heterocycles. The minimum atomic E-state index is 0.467. The number of anilines is 1. The van der Waals surface area contributed by atoms with Crippen LogP contribution >= 0.6 is 0 Å². The minimum Gasteiger partial charge on any atom is -0.422 e. The highest BCUT2D eigenvalue weighted by Gasteiger charge is 2.17. The van der Waals surface area contributed by atoms with E-state index in [0.29, 0.717) is 11.9 Å². The summed E-state index contributed by atoms with van der Waals surface area (Å²) in [7, 11) is 0. The minimum absolute atomic E-state index is 0.467. The predicted octanol–water partition coefficient (Wildman–Crippen LogP) is 2.88. The van der Waals surface area contributed by atoms with Gasteiger partial charge in [-0.2, -0.15) is 0 Å². The molecule has 1 aliphatic rings. The van der Waals surface area contributed by atoms with Gasteiger partial charge in [-0.3, -0.25) is 0 Å². The zero-order valence-corrected chi connectivity index (χ0v) is 10.2. The Morgan fingerprint density at radius 2 is 2.11 bits per heavy atom. The fraction of sp³-hybridized carbons (Fsp3) is 0.462. The first kappa shape index (κ1) is 11.2. The summed E-state index contributed by atoms with van der Waals surface area (Å²) >= 11 is 0.